The number of esters is 5. The molecular weight excluding hydrogens is 1330 g/mol. The van der Waals surface area contributed by atoms with E-state index in [1.54, 1.807) is 0 Å². The lowest BCUT2D eigenvalue weighted by Crippen LogP contribution is -2.54. The van der Waals surface area contributed by atoms with E-state index in [0.29, 0.717) is 38.4 Å². The predicted octanol–water partition coefficient (Wildman–Crippen LogP) is 28.4. The third-order valence-corrected chi connectivity index (χ3v) is 19.3. The van der Waals surface area contributed by atoms with E-state index in [2.05, 4.69) is 156 Å². The van der Waals surface area contributed by atoms with Gasteiger partial charge in [0.05, 0.1) is 0 Å². The molecule has 612 valence electrons. The van der Waals surface area contributed by atoms with Crippen molar-refractivity contribution >= 4 is 36.1 Å². The first-order chi connectivity index (χ1) is 52.7. The lowest BCUT2D eigenvalue weighted by molar-refractivity contribution is -0.204. The number of carbonyl (C=O) groups is 6. The summed E-state index contributed by atoms with van der Waals surface area (Å²) in [6.07, 6.45) is 94.3. The molecule has 107 heavy (non-hydrogen) atoms. The number of carbonyl (C=O) groups excluding carboxylic acids is 6. The molecule has 0 rings (SSSR count). The van der Waals surface area contributed by atoms with E-state index in [0.717, 1.165) is 225 Å². The highest BCUT2D eigenvalue weighted by Gasteiger charge is 2.45. The highest BCUT2D eigenvalue weighted by Crippen LogP contribution is 2.25. The number of hydrogen-bond acceptors (Lipinski definition) is 11. The van der Waals surface area contributed by atoms with E-state index >= 15 is 0 Å². The van der Waals surface area contributed by atoms with E-state index < -0.39 is 60.9 Å². The summed E-state index contributed by atoms with van der Waals surface area (Å²) in [5.41, 5.74) is 0. The van der Waals surface area contributed by atoms with Gasteiger partial charge in [0.25, 0.3) is 0 Å². The first kappa shape index (κ1) is 101. The minimum Gasteiger partial charge on any atom is -0.462 e. The molecule has 0 aromatic heterocycles. The van der Waals surface area contributed by atoms with Gasteiger partial charge < -0.3 is 23.7 Å². The monoisotopic (exact) mass is 1490 g/mol. The maximum absolute atomic E-state index is 14.4. The van der Waals surface area contributed by atoms with Crippen LogP contribution in [0.3, 0.4) is 0 Å². The molecule has 0 aromatic rings. The van der Waals surface area contributed by atoms with Gasteiger partial charge in [-0.15, -0.1) is 0 Å². The van der Waals surface area contributed by atoms with Gasteiger partial charge in [0, 0.05) is 32.1 Å². The van der Waals surface area contributed by atoms with Crippen LogP contribution < -0.4 is 0 Å². The van der Waals surface area contributed by atoms with Gasteiger partial charge in [-0.1, -0.05) is 317 Å². The first-order valence-electron chi connectivity index (χ1n) is 44.6. The fraction of sp³-hybridized carbons (Fsp3) is 0.729. The molecule has 0 heterocycles. The van der Waals surface area contributed by atoms with E-state index in [1.165, 1.54) is 96.3 Å². The Hall–Kier alpha value is -5.58. The normalized spacial score (nSPS) is 13.4. The fourth-order valence-corrected chi connectivity index (χ4v) is 12.6. The van der Waals surface area contributed by atoms with Gasteiger partial charge >= 0.3 is 29.8 Å². The van der Waals surface area contributed by atoms with Gasteiger partial charge in [0.1, 0.15) is 6.61 Å². The lowest BCUT2D eigenvalue weighted by atomic mass is 10.0. The van der Waals surface area contributed by atoms with Crippen LogP contribution in [0.25, 0.3) is 0 Å². The van der Waals surface area contributed by atoms with Crippen LogP contribution in [0, 0.1) is 0 Å². The van der Waals surface area contributed by atoms with Crippen molar-refractivity contribution in [3.8, 4) is 0 Å². The quantitative estimate of drug-likeness (QED) is 0.0188. The second-order valence-electron chi connectivity index (χ2n) is 29.6. The number of aldehydes is 1. The van der Waals surface area contributed by atoms with Crippen LogP contribution >= 0.6 is 0 Å². The topological polar surface area (TPSA) is 149 Å². The highest BCUT2D eigenvalue weighted by atomic mass is 16.6. The summed E-state index contributed by atoms with van der Waals surface area (Å²) in [6.45, 7) is 10.6. The molecule has 0 amide bonds. The number of hydrogen-bond donors (Lipinski definition) is 0. The van der Waals surface area contributed by atoms with Crippen LogP contribution in [0.4, 0.5) is 0 Å². The molecule has 0 spiro atoms. The Morgan fingerprint density at radius 1 is 0.224 bits per heavy atom. The summed E-state index contributed by atoms with van der Waals surface area (Å²) in [6, 6.07) is 0. The Morgan fingerprint density at radius 2 is 0.430 bits per heavy atom. The van der Waals surface area contributed by atoms with Crippen LogP contribution in [0.15, 0.2) is 122 Å². The molecule has 11 nitrogen and oxygen atoms in total. The molecule has 4 atom stereocenters. The van der Waals surface area contributed by atoms with Crippen molar-refractivity contribution in [2.45, 2.75) is 444 Å². The van der Waals surface area contributed by atoms with Crippen molar-refractivity contribution in [3.63, 3.8) is 0 Å². The van der Waals surface area contributed by atoms with E-state index in [9.17, 15) is 28.8 Å². The van der Waals surface area contributed by atoms with Crippen molar-refractivity contribution in [1.29, 1.82) is 0 Å². The Labute approximate surface area is 657 Å². The number of unbranched alkanes of at least 4 members (excludes halogenated alkanes) is 40. The Balaban J connectivity index is 6.84. The second-order valence-corrected chi connectivity index (χ2v) is 29.6. The molecule has 0 saturated carbocycles. The zero-order valence-corrected chi connectivity index (χ0v) is 69.6. The number of allylic oxidation sites excluding steroid dienone is 20. The van der Waals surface area contributed by atoms with Crippen molar-refractivity contribution < 1.29 is 52.5 Å². The van der Waals surface area contributed by atoms with Gasteiger partial charge in [-0.25, -0.2) is 0 Å². The molecule has 0 aromatic carbocycles. The minimum absolute atomic E-state index is 0.00869. The molecule has 0 aliphatic carbocycles. The van der Waals surface area contributed by atoms with Crippen molar-refractivity contribution in [2.75, 3.05) is 6.61 Å². The van der Waals surface area contributed by atoms with Crippen molar-refractivity contribution in [1.82, 2.24) is 0 Å². The Bertz CT molecular complexity index is 2350. The summed E-state index contributed by atoms with van der Waals surface area (Å²) in [4.78, 5) is 84.2. The van der Waals surface area contributed by atoms with Gasteiger partial charge in [-0.3, -0.25) is 28.8 Å². The van der Waals surface area contributed by atoms with Gasteiger partial charge in [0.2, 0.25) is 0 Å². The lowest BCUT2D eigenvalue weighted by Gasteiger charge is -2.34. The highest BCUT2D eigenvalue weighted by molar-refractivity contribution is 5.75. The van der Waals surface area contributed by atoms with Crippen molar-refractivity contribution in [3.05, 3.63) is 122 Å². The Morgan fingerprint density at radius 3 is 0.682 bits per heavy atom. The largest absolute Gasteiger partial charge is 0.462 e. The van der Waals surface area contributed by atoms with Crippen LogP contribution in [-0.4, -0.2) is 67.2 Å². The molecule has 0 N–H and O–H groups in total. The maximum Gasteiger partial charge on any atom is 0.306 e. The van der Waals surface area contributed by atoms with Gasteiger partial charge in [-0.2, -0.15) is 0 Å². The standard InChI is InChI=1S/C96H162O11/c1-6-11-16-21-26-31-36-41-46-51-56-61-66-71-76-81-90(98)103-87-89(105-92(100)83-78-73-68-63-58-53-48-43-38-33-28-23-18-13-8-3)96(107-94(102)85-80-75-70-65-60-55-50-45-40-35-30-25-20-15-10-5)95(106-93(101)84-79-74-69-64-59-54-49-44-39-34-29-24-19-14-9-4)88(86-97)104-91(99)82-77-72-67-62-57-52-47-42-37-32-27-22-17-12-7-2/h26-35,41-50,86,88-89,95-96H,6-25,36-40,51-85,87H2,1-5H3/b31-26-,32-27-,33-28-,34-29-,35-30-,46-41-,47-42-,48-43-,49-44-,50-45-/t88-,89+,95+,96+/m0/s1. The van der Waals surface area contributed by atoms with Gasteiger partial charge in [0.15, 0.2) is 30.7 Å². The number of rotatable bonds is 80. The predicted molar refractivity (Wildman–Crippen MR) is 453 cm³/mol. The summed E-state index contributed by atoms with van der Waals surface area (Å²) < 4.78 is 30.8. The SMILES string of the molecule is CCCCC/C=C\C/C=C\CCCCCCCC(=O)OC[C@@H](OC(=O)CCCCCCC/C=C\C/C=C\CCCCC)[C@@H](OC(=O)CCCCCCC/C=C\C/C=C\CCCCC)[C@H](OC(=O)CCCCCCC/C=C\C/C=C\CCCCC)[C@H](C=O)OC(=O)CCCCCCC/C=C\C/C=C\CCCCC. The molecule has 0 fully saturated rings. The van der Waals surface area contributed by atoms with E-state index in [4.69, 9.17) is 23.7 Å². The summed E-state index contributed by atoms with van der Waals surface area (Å²) in [7, 11) is 0. The molecular formula is C96H162O11. The molecule has 11 heteroatoms. The van der Waals surface area contributed by atoms with Crippen LogP contribution in [-0.2, 0) is 52.5 Å². The Kier molecular flexibility index (Phi) is 80.0. The summed E-state index contributed by atoms with van der Waals surface area (Å²) in [5.74, 6) is -3.15. The number of ether oxygens (including phenoxy) is 5. The molecule has 0 radical (unpaired) electrons. The smallest absolute Gasteiger partial charge is 0.306 e. The third kappa shape index (κ3) is 74.3. The molecule has 0 unspecified atom stereocenters. The molecule has 0 aliphatic rings. The first-order valence-corrected chi connectivity index (χ1v) is 44.6. The molecule has 0 aliphatic heterocycles. The summed E-state index contributed by atoms with van der Waals surface area (Å²) >= 11 is 0. The van der Waals surface area contributed by atoms with Crippen molar-refractivity contribution in [2.24, 2.45) is 0 Å². The van der Waals surface area contributed by atoms with Crippen LogP contribution in [0.5, 0.6) is 0 Å². The second kappa shape index (κ2) is 84.4. The molecule has 0 bridgehead atoms. The average Bonchev–Trinajstić information content (AvgIpc) is 0.826. The van der Waals surface area contributed by atoms with Crippen LogP contribution in [0.1, 0.15) is 420 Å². The minimum atomic E-state index is -1.74. The zero-order valence-electron chi connectivity index (χ0n) is 69.6. The molecule has 0 saturated heterocycles. The average molecular weight is 1490 g/mol. The zero-order chi connectivity index (χ0) is 77.7. The third-order valence-electron chi connectivity index (χ3n) is 19.3. The van der Waals surface area contributed by atoms with E-state index in [-0.39, 0.29) is 32.1 Å². The van der Waals surface area contributed by atoms with Gasteiger partial charge in [-0.05, 0) is 193 Å². The van der Waals surface area contributed by atoms with E-state index in [1.807, 2.05) is 0 Å². The maximum atomic E-state index is 14.4. The van der Waals surface area contributed by atoms with Crippen LogP contribution in [0.2, 0.25) is 0 Å². The fourth-order valence-electron chi connectivity index (χ4n) is 12.6. The summed E-state index contributed by atoms with van der Waals surface area (Å²) in [5, 5.41) is 0.